The van der Waals surface area contributed by atoms with Crippen LogP contribution in [0.5, 0.6) is 0 Å². The van der Waals surface area contributed by atoms with Crippen molar-refractivity contribution in [2.45, 2.75) is 0 Å². The zero-order chi connectivity index (χ0) is 15.1. The molecule has 0 aliphatic rings. The first-order chi connectivity index (χ1) is 10.8. The van der Waals surface area contributed by atoms with Crippen molar-refractivity contribution in [1.82, 2.24) is 4.98 Å². The SMILES string of the molecule is O=[N+]([O-])c1ccccc1-c1cccc2c1ccc1cc[nH]c12. The fourth-order valence-electron chi connectivity index (χ4n) is 2.98. The fraction of sp³-hybridized carbons (Fsp3) is 0. The van der Waals surface area contributed by atoms with E-state index in [-0.39, 0.29) is 10.6 Å². The highest BCUT2D eigenvalue weighted by atomic mass is 16.6. The van der Waals surface area contributed by atoms with Crippen molar-refractivity contribution in [3.63, 3.8) is 0 Å². The summed E-state index contributed by atoms with van der Waals surface area (Å²) in [5, 5.41) is 14.5. The number of rotatable bonds is 2. The predicted molar refractivity (Wildman–Crippen MR) is 87.9 cm³/mol. The van der Waals surface area contributed by atoms with Gasteiger partial charge in [0.1, 0.15) is 0 Å². The third-order valence-electron chi connectivity index (χ3n) is 3.98. The number of aromatic nitrogens is 1. The quantitative estimate of drug-likeness (QED) is 0.421. The molecule has 4 nitrogen and oxygen atoms in total. The van der Waals surface area contributed by atoms with Crippen LogP contribution in [0.2, 0.25) is 0 Å². The molecule has 0 bridgehead atoms. The number of benzene rings is 3. The lowest BCUT2D eigenvalue weighted by Gasteiger charge is -2.08. The highest BCUT2D eigenvalue weighted by Gasteiger charge is 2.16. The predicted octanol–water partition coefficient (Wildman–Crippen LogP) is 4.90. The third kappa shape index (κ3) is 1.78. The summed E-state index contributed by atoms with van der Waals surface area (Å²) in [4.78, 5) is 14.2. The number of nitrogens with one attached hydrogen (secondary N) is 1. The first kappa shape index (κ1) is 12.6. The first-order valence-corrected chi connectivity index (χ1v) is 6.98. The van der Waals surface area contributed by atoms with Crippen molar-refractivity contribution in [3.05, 3.63) is 77.0 Å². The average Bonchev–Trinajstić information content (AvgIpc) is 3.03. The van der Waals surface area contributed by atoms with Gasteiger partial charge in [-0.25, -0.2) is 0 Å². The van der Waals surface area contributed by atoms with Crippen LogP contribution in [0, 0.1) is 10.1 Å². The molecular weight excluding hydrogens is 276 g/mol. The molecular formula is C18H12N2O2. The third-order valence-corrected chi connectivity index (χ3v) is 3.98. The number of nitro benzene ring substituents is 1. The van der Waals surface area contributed by atoms with E-state index >= 15 is 0 Å². The second-order valence-corrected chi connectivity index (χ2v) is 5.18. The minimum Gasteiger partial charge on any atom is -0.361 e. The van der Waals surface area contributed by atoms with Crippen LogP contribution < -0.4 is 0 Å². The molecule has 3 aromatic carbocycles. The van der Waals surface area contributed by atoms with Gasteiger partial charge in [0.2, 0.25) is 0 Å². The van der Waals surface area contributed by atoms with Gasteiger partial charge in [-0.15, -0.1) is 0 Å². The van der Waals surface area contributed by atoms with Gasteiger partial charge in [-0.2, -0.15) is 0 Å². The van der Waals surface area contributed by atoms with E-state index in [1.54, 1.807) is 18.2 Å². The van der Waals surface area contributed by atoms with Gasteiger partial charge in [-0.1, -0.05) is 42.5 Å². The van der Waals surface area contributed by atoms with Crippen molar-refractivity contribution < 1.29 is 4.92 Å². The van der Waals surface area contributed by atoms with Crippen molar-refractivity contribution in [2.24, 2.45) is 0 Å². The number of para-hydroxylation sites is 1. The zero-order valence-corrected chi connectivity index (χ0v) is 11.6. The highest BCUT2D eigenvalue weighted by Crippen LogP contribution is 2.36. The molecule has 106 valence electrons. The molecule has 0 atom stereocenters. The number of fused-ring (bicyclic) bond motifs is 3. The Labute approximate surface area is 126 Å². The minimum atomic E-state index is -0.332. The van der Waals surface area contributed by atoms with Crippen molar-refractivity contribution in [3.8, 4) is 11.1 Å². The van der Waals surface area contributed by atoms with Crippen LogP contribution in [0.1, 0.15) is 0 Å². The van der Waals surface area contributed by atoms with E-state index in [9.17, 15) is 10.1 Å². The molecule has 0 radical (unpaired) electrons. The molecule has 4 aromatic rings. The molecule has 1 heterocycles. The summed E-state index contributed by atoms with van der Waals surface area (Å²) < 4.78 is 0. The Balaban J connectivity index is 2.10. The van der Waals surface area contributed by atoms with Gasteiger partial charge in [-0.3, -0.25) is 10.1 Å². The van der Waals surface area contributed by atoms with E-state index in [4.69, 9.17) is 0 Å². The van der Waals surface area contributed by atoms with Gasteiger partial charge in [0.25, 0.3) is 5.69 Å². The summed E-state index contributed by atoms with van der Waals surface area (Å²) in [5.74, 6) is 0. The molecule has 0 fully saturated rings. The molecule has 22 heavy (non-hydrogen) atoms. The summed E-state index contributed by atoms with van der Waals surface area (Å²) in [5.41, 5.74) is 2.70. The molecule has 1 aromatic heterocycles. The number of hydrogen-bond acceptors (Lipinski definition) is 2. The lowest BCUT2D eigenvalue weighted by Crippen LogP contribution is -1.92. The first-order valence-electron chi connectivity index (χ1n) is 6.98. The summed E-state index contributed by atoms with van der Waals surface area (Å²) >= 11 is 0. The van der Waals surface area contributed by atoms with Crippen LogP contribution in [0.15, 0.2) is 66.9 Å². The van der Waals surface area contributed by atoms with Crippen LogP contribution in [-0.2, 0) is 0 Å². The Morgan fingerprint density at radius 2 is 1.64 bits per heavy atom. The highest BCUT2D eigenvalue weighted by molar-refractivity contribution is 6.11. The molecule has 0 aliphatic carbocycles. The van der Waals surface area contributed by atoms with E-state index in [0.717, 1.165) is 27.2 Å². The standard InChI is InChI=1S/C18H12N2O2/c21-20(22)17-7-2-1-4-15(17)13-5-3-6-16-14(13)9-8-12-10-11-19-18(12)16/h1-11,19H. The summed E-state index contributed by atoms with van der Waals surface area (Å²) in [6.45, 7) is 0. The Bertz CT molecular complexity index is 1020. The number of nitrogens with zero attached hydrogens (tertiary/aromatic N) is 1. The van der Waals surface area contributed by atoms with Gasteiger partial charge in [0.15, 0.2) is 0 Å². The minimum absolute atomic E-state index is 0.126. The van der Waals surface area contributed by atoms with Crippen LogP contribution in [0.3, 0.4) is 0 Å². The van der Waals surface area contributed by atoms with E-state index in [0.29, 0.717) is 5.56 Å². The summed E-state index contributed by atoms with van der Waals surface area (Å²) in [7, 11) is 0. The van der Waals surface area contributed by atoms with Crippen molar-refractivity contribution in [2.75, 3.05) is 0 Å². The van der Waals surface area contributed by atoms with Crippen LogP contribution in [0.4, 0.5) is 5.69 Å². The summed E-state index contributed by atoms with van der Waals surface area (Å²) in [6, 6.07) is 18.8. The average molecular weight is 288 g/mol. The van der Waals surface area contributed by atoms with Gasteiger partial charge >= 0.3 is 0 Å². The van der Waals surface area contributed by atoms with E-state index in [2.05, 4.69) is 4.98 Å². The lowest BCUT2D eigenvalue weighted by atomic mass is 9.96. The van der Waals surface area contributed by atoms with Crippen LogP contribution in [-0.4, -0.2) is 9.91 Å². The number of hydrogen-bond donors (Lipinski definition) is 1. The van der Waals surface area contributed by atoms with Gasteiger partial charge in [-0.05, 0) is 23.1 Å². The second kappa shape index (κ2) is 4.70. The maximum Gasteiger partial charge on any atom is 0.277 e. The number of H-pyrrole nitrogens is 1. The second-order valence-electron chi connectivity index (χ2n) is 5.18. The number of nitro groups is 1. The molecule has 0 spiro atoms. The maximum atomic E-state index is 11.3. The van der Waals surface area contributed by atoms with Crippen molar-refractivity contribution in [1.29, 1.82) is 0 Å². The molecule has 0 unspecified atom stereocenters. The number of aromatic amines is 1. The zero-order valence-electron chi connectivity index (χ0n) is 11.6. The molecule has 0 saturated heterocycles. The van der Waals surface area contributed by atoms with Crippen LogP contribution in [0.25, 0.3) is 32.8 Å². The van der Waals surface area contributed by atoms with E-state index < -0.39 is 0 Å². The molecule has 0 saturated carbocycles. The Morgan fingerprint density at radius 1 is 0.818 bits per heavy atom. The smallest absolute Gasteiger partial charge is 0.277 e. The van der Waals surface area contributed by atoms with Crippen LogP contribution >= 0.6 is 0 Å². The van der Waals surface area contributed by atoms with Crippen molar-refractivity contribution >= 4 is 27.4 Å². The van der Waals surface area contributed by atoms with Gasteiger partial charge in [0.05, 0.1) is 16.0 Å². The Hall–Kier alpha value is -3.14. The van der Waals surface area contributed by atoms with Gasteiger partial charge in [0, 0.05) is 23.0 Å². The lowest BCUT2D eigenvalue weighted by molar-refractivity contribution is -0.384. The fourth-order valence-corrected chi connectivity index (χ4v) is 2.98. The Kier molecular flexibility index (Phi) is 2.69. The van der Waals surface area contributed by atoms with E-state index in [1.165, 1.54) is 0 Å². The molecule has 0 aliphatic heterocycles. The normalized spacial score (nSPS) is 11.1. The Morgan fingerprint density at radius 3 is 2.50 bits per heavy atom. The van der Waals surface area contributed by atoms with Gasteiger partial charge < -0.3 is 4.98 Å². The summed E-state index contributed by atoms with van der Waals surface area (Å²) in [6.07, 6.45) is 1.90. The molecule has 1 N–H and O–H groups in total. The largest absolute Gasteiger partial charge is 0.361 e. The monoisotopic (exact) mass is 288 g/mol. The van der Waals surface area contributed by atoms with E-state index in [1.807, 2.05) is 48.7 Å². The molecule has 0 amide bonds. The maximum absolute atomic E-state index is 11.3. The molecule has 4 heteroatoms. The topological polar surface area (TPSA) is 58.9 Å². The molecule has 4 rings (SSSR count).